The number of halogens is 4. The lowest BCUT2D eigenvalue weighted by Gasteiger charge is -2.26. The smallest absolute Gasteiger partial charge is 0.381 e. The number of fused-ring (bicyclic) bond motifs is 1. The Morgan fingerprint density at radius 2 is 1.72 bits per heavy atom. The molecule has 3 aliphatic rings. The summed E-state index contributed by atoms with van der Waals surface area (Å²) in [6.07, 6.45) is 0.430. The maximum Gasteiger partial charge on any atom is 0.419 e. The second-order valence-electron chi connectivity index (χ2n) is 8.83. The zero-order valence-electron chi connectivity index (χ0n) is 16.8. The SMILES string of the molecule is Fc1ccc(CN2CC3C(COCCCN4CCCCC4)C3C2)cc1C(F)(F)F. The van der Waals surface area contributed by atoms with Gasteiger partial charge in [-0.05, 0) is 67.8 Å². The second-order valence-corrected chi connectivity index (χ2v) is 8.83. The molecular weight excluding hydrogens is 384 g/mol. The Balaban J connectivity index is 1.14. The van der Waals surface area contributed by atoms with Gasteiger partial charge in [0.2, 0.25) is 0 Å². The lowest BCUT2D eigenvalue weighted by atomic mass is 10.1. The topological polar surface area (TPSA) is 15.7 Å². The number of hydrogen-bond donors (Lipinski definition) is 0. The van der Waals surface area contributed by atoms with Gasteiger partial charge in [-0.3, -0.25) is 4.90 Å². The van der Waals surface area contributed by atoms with E-state index in [1.807, 2.05) is 0 Å². The van der Waals surface area contributed by atoms with Gasteiger partial charge in [-0.1, -0.05) is 12.5 Å². The molecular formula is C22H30F4N2O. The fourth-order valence-corrected chi connectivity index (χ4v) is 5.05. The van der Waals surface area contributed by atoms with Crippen molar-refractivity contribution in [1.82, 2.24) is 9.80 Å². The summed E-state index contributed by atoms with van der Waals surface area (Å²) in [5.74, 6) is 0.586. The summed E-state index contributed by atoms with van der Waals surface area (Å²) in [6.45, 7) is 7.42. The lowest BCUT2D eigenvalue weighted by Crippen LogP contribution is -2.31. The number of alkyl halides is 3. The van der Waals surface area contributed by atoms with E-state index in [0.29, 0.717) is 29.9 Å². The van der Waals surface area contributed by atoms with Crippen LogP contribution in [-0.4, -0.2) is 55.7 Å². The largest absolute Gasteiger partial charge is 0.419 e. The molecule has 2 atom stereocenters. The van der Waals surface area contributed by atoms with Crippen molar-refractivity contribution in [2.24, 2.45) is 17.8 Å². The third-order valence-corrected chi connectivity index (χ3v) is 6.71. The first-order chi connectivity index (χ1) is 13.9. The molecule has 1 saturated carbocycles. The highest BCUT2D eigenvalue weighted by molar-refractivity contribution is 5.27. The van der Waals surface area contributed by atoms with Crippen LogP contribution in [0.15, 0.2) is 18.2 Å². The van der Waals surface area contributed by atoms with Gasteiger partial charge in [0, 0.05) is 32.8 Å². The summed E-state index contributed by atoms with van der Waals surface area (Å²) < 4.78 is 57.9. The van der Waals surface area contributed by atoms with Crippen molar-refractivity contribution in [3.05, 3.63) is 35.1 Å². The summed E-state index contributed by atoms with van der Waals surface area (Å²) >= 11 is 0. The highest BCUT2D eigenvalue weighted by Crippen LogP contribution is 2.52. The lowest BCUT2D eigenvalue weighted by molar-refractivity contribution is -0.140. The van der Waals surface area contributed by atoms with Crippen LogP contribution in [-0.2, 0) is 17.5 Å². The van der Waals surface area contributed by atoms with Gasteiger partial charge in [0.05, 0.1) is 12.2 Å². The van der Waals surface area contributed by atoms with Crippen molar-refractivity contribution in [2.45, 2.75) is 38.4 Å². The molecule has 4 rings (SSSR count). The maximum atomic E-state index is 13.4. The summed E-state index contributed by atoms with van der Waals surface area (Å²) in [5.41, 5.74) is -0.652. The van der Waals surface area contributed by atoms with Gasteiger partial charge in [-0.25, -0.2) is 4.39 Å². The van der Waals surface area contributed by atoms with Crippen LogP contribution in [0.3, 0.4) is 0 Å². The normalized spacial score (nSPS) is 27.9. The van der Waals surface area contributed by atoms with Crippen molar-refractivity contribution in [3.8, 4) is 0 Å². The van der Waals surface area contributed by atoms with E-state index >= 15 is 0 Å². The Kier molecular flexibility index (Phi) is 6.47. The molecule has 2 unspecified atom stereocenters. The van der Waals surface area contributed by atoms with E-state index in [-0.39, 0.29) is 0 Å². The number of rotatable bonds is 8. The summed E-state index contributed by atoms with van der Waals surface area (Å²) in [7, 11) is 0. The van der Waals surface area contributed by atoms with Crippen LogP contribution in [0.2, 0.25) is 0 Å². The fraction of sp³-hybridized carbons (Fsp3) is 0.727. The van der Waals surface area contributed by atoms with Crippen molar-refractivity contribution in [1.29, 1.82) is 0 Å². The standard InChI is InChI=1S/C22H30F4N2O/c23-21-6-5-16(11-20(21)22(24,25)26)12-28-13-17-18(14-28)19(17)15-29-10-4-9-27-7-2-1-3-8-27/h5-6,11,17-19H,1-4,7-10,12-15H2. The molecule has 2 saturated heterocycles. The number of likely N-dealkylation sites (tertiary alicyclic amines) is 2. The third kappa shape index (κ3) is 5.30. The number of ether oxygens (including phenoxy) is 1. The Bertz CT molecular complexity index is 678. The van der Waals surface area contributed by atoms with Crippen LogP contribution in [0.4, 0.5) is 17.6 Å². The van der Waals surface area contributed by atoms with Crippen molar-refractivity contribution in [2.75, 3.05) is 45.9 Å². The first-order valence-corrected chi connectivity index (χ1v) is 10.8. The molecule has 1 aromatic rings. The molecule has 1 aromatic carbocycles. The van der Waals surface area contributed by atoms with Gasteiger partial charge in [-0.15, -0.1) is 0 Å². The highest BCUT2D eigenvalue weighted by atomic mass is 19.4. The molecule has 0 N–H and O–H groups in total. The first-order valence-electron chi connectivity index (χ1n) is 10.8. The summed E-state index contributed by atoms with van der Waals surface area (Å²) in [5, 5.41) is 0. The van der Waals surface area contributed by atoms with E-state index < -0.39 is 17.6 Å². The quantitative estimate of drug-likeness (QED) is 0.463. The Labute approximate surface area is 170 Å². The van der Waals surface area contributed by atoms with E-state index in [0.717, 1.165) is 51.4 Å². The van der Waals surface area contributed by atoms with Gasteiger partial charge in [-0.2, -0.15) is 13.2 Å². The number of piperidine rings is 2. The molecule has 1 aliphatic carbocycles. The van der Waals surface area contributed by atoms with Crippen LogP contribution in [0, 0.1) is 23.6 Å². The first kappa shape index (κ1) is 21.1. The highest BCUT2D eigenvalue weighted by Gasteiger charge is 2.55. The molecule has 0 aromatic heterocycles. The molecule has 0 bridgehead atoms. The zero-order chi connectivity index (χ0) is 20.4. The van der Waals surface area contributed by atoms with Crippen molar-refractivity contribution >= 4 is 0 Å². The van der Waals surface area contributed by atoms with Gasteiger partial charge in [0.25, 0.3) is 0 Å². The minimum absolute atomic E-state index is 0.444. The molecule has 162 valence electrons. The molecule has 29 heavy (non-hydrogen) atoms. The zero-order valence-corrected chi connectivity index (χ0v) is 16.8. The average Bonchev–Trinajstić information content (AvgIpc) is 3.14. The van der Waals surface area contributed by atoms with Gasteiger partial charge >= 0.3 is 6.18 Å². The Morgan fingerprint density at radius 3 is 2.41 bits per heavy atom. The summed E-state index contributed by atoms with van der Waals surface area (Å²) in [6, 6.07) is 3.33. The van der Waals surface area contributed by atoms with Crippen molar-refractivity contribution in [3.63, 3.8) is 0 Å². The number of nitrogens with zero attached hydrogens (tertiary/aromatic N) is 2. The molecule has 0 amide bonds. The maximum absolute atomic E-state index is 13.4. The third-order valence-electron chi connectivity index (χ3n) is 6.71. The Morgan fingerprint density at radius 1 is 1.00 bits per heavy atom. The number of benzene rings is 1. The Hall–Kier alpha value is -1.18. The molecule has 3 nitrogen and oxygen atoms in total. The minimum atomic E-state index is -4.65. The second kappa shape index (κ2) is 8.90. The van der Waals surface area contributed by atoms with E-state index in [4.69, 9.17) is 4.74 Å². The van der Waals surface area contributed by atoms with Gasteiger partial charge in [0.1, 0.15) is 5.82 Å². The van der Waals surface area contributed by atoms with Crippen LogP contribution < -0.4 is 0 Å². The van der Waals surface area contributed by atoms with E-state index in [1.165, 1.54) is 38.4 Å². The van der Waals surface area contributed by atoms with Crippen LogP contribution in [0.25, 0.3) is 0 Å². The van der Waals surface area contributed by atoms with Crippen LogP contribution >= 0.6 is 0 Å². The molecule has 2 aliphatic heterocycles. The van der Waals surface area contributed by atoms with E-state index in [1.54, 1.807) is 0 Å². The van der Waals surface area contributed by atoms with E-state index in [9.17, 15) is 17.6 Å². The number of hydrogen-bond acceptors (Lipinski definition) is 3. The minimum Gasteiger partial charge on any atom is -0.381 e. The predicted molar refractivity (Wildman–Crippen MR) is 103 cm³/mol. The van der Waals surface area contributed by atoms with Crippen LogP contribution in [0.5, 0.6) is 0 Å². The van der Waals surface area contributed by atoms with Gasteiger partial charge < -0.3 is 9.64 Å². The predicted octanol–water partition coefficient (Wildman–Crippen LogP) is 4.41. The molecule has 7 heteroatoms. The molecule has 0 radical (unpaired) electrons. The van der Waals surface area contributed by atoms with Crippen molar-refractivity contribution < 1.29 is 22.3 Å². The average molecular weight is 414 g/mol. The molecule has 3 fully saturated rings. The van der Waals surface area contributed by atoms with E-state index in [2.05, 4.69) is 9.80 Å². The fourth-order valence-electron chi connectivity index (χ4n) is 5.05. The van der Waals surface area contributed by atoms with Crippen LogP contribution in [0.1, 0.15) is 36.8 Å². The summed E-state index contributed by atoms with van der Waals surface area (Å²) in [4.78, 5) is 4.70. The molecule has 0 spiro atoms. The monoisotopic (exact) mass is 414 g/mol. The van der Waals surface area contributed by atoms with Gasteiger partial charge in [0.15, 0.2) is 0 Å². The molecule has 2 heterocycles.